The Morgan fingerprint density at radius 2 is 1.82 bits per heavy atom. The second kappa shape index (κ2) is 9.94. The summed E-state index contributed by atoms with van der Waals surface area (Å²) in [5, 5.41) is 16.7. The minimum atomic E-state index is -0.780. The molecule has 4 nitrogen and oxygen atoms in total. The van der Waals surface area contributed by atoms with Crippen LogP contribution in [0.5, 0.6) is 0 Å². The van der Waals surface area contributed by atoms with Crippen molar-refractivity contribution in [2.45, 2.75) is 53.6 Å². The third kappa shape index (κ3) is 5.49. The van der Waals surface area contributed by atoms with Gasteiger partial charge in [-0.1, -0.05) is 43.6 Å². The molecule has 0 aromatic heterocycles. The number of benzene rings is 2. The number of halogens is 1. The van der Waals surface area contributed by atoms with E-state index in [1.165, 1.54) is 11.1 Å². The van der Waals surface area contributed by atoms with Crippen molar-refractivity contribution in [2.75, 3.05) is 11.9 Å². The molecule has 0 spiro atoms. The van der Waals surface area contributed by atoms with Gasteiger partial charge in [0, 0.05) is 23.8 Å². The standard InChI is InChI=1S/C23H31ClN2O2/c1-6-21(20-10-8-15(3)22(24)17(20)5)26-19-9-7-14(2)18(11-19)13-25-12-16(4)23(27)28/h7-11,16,21,25-26H,6,12-13H2,1-5H3,(H,27,28)/t16-,21-/m1/s1. The number of rotatable bonds is 9. The number of carbonyl (C=O) groups is 1. The Labute approximate surface area is 173 Å². The van der Waals surface area contributed by atoms with E-state index in [0.717, 1.165) is 33.8 Å². The molecule has 2 rings (SSSR count). The molecule has 0 saturated carbocycles. The second-order valence-corrected chi connectivity index (χ2v) is 7.91. The Morgan fingerprint density at radius 3 is 2.46 bits per heavy atom. The molecule has 3 N–H and O–H groups in total. The van der Waals surface area contributed by atoms with Crippen molar-refractivity contribution in [2.24, 2.45) is 5.92 Å². The predicted octanol–water partition coefficient (Wildman–Crippen LogP) is 5.64. The van der Waals surface area contributed by atoms with Crippen molar-refractivity contribution in [3.05, 3.63) is 63.2 Å². The quantitative estimate of drug-likeness (QED) is 0.508. The highest BCUT2D eigenvalue weighted by molar-refractivity contribution is 6.32. The first kappa shape index (κ1) is 22.3. The molecular weight excluding hydrogens is 372 g/mol. The van der Waals surface area contributed by atoms with Crippen molar-refractivity contribution in [3.8, 4) is 0 Å². The lowest BCUT2D eigenvalue weighted by Gasteiger charge is -2.23. The molecule has 5 heteroatoms. The smallest absolute Gasteiger partial charge is 0.307 e. The average molecular weight is 403 g/mol. The first-order chi connectivity index (χ1) is 13.2. The van der Waals surface area contributed by atoms with E-state index in [9.17, 15) is 4.79 Å². The Kier molecular flexibility index (Phi) is 7.90. The van der Waals surface area contributed by atoms with Gasteiger partial charge in [-0.15, -0.1) is 0 Å². The molecule has 0 radical (unpaired) electrons. The van der Waals surface area contributed by atoms with Crippen LogP contribution < -0.4 is 10.6 Å². The van der Waals surface area contributed by atoms with Gasteiger partial charge in [-0.25, -0.2) is 0 Å². The zero-order valence-corrected chi connectivity index (χ0v) is 18.2. The molecule has 0 aliphatic carbocycles. The van der Waals surface area contributed by atoms with Gasteiger partial charge in [0.1, 0.15) is 0 Å². The van der Waals surface area contributed by atoms with Gasteiger partial charge in [-0.05, 0) is 67.1 Å². The Balaban J connectivity index is 2.14. The third-order valence-electron chi connectivity index (χ3n) is 5.28. The first-order valence-electron chi connectivity index (χ1n) is 9.79. The lowest BCUT2D eigenvalue weighted by Crippen LogP contribution is -2.26. The van der Waals surface area contributed by atoms with Gasteiger partial charge in [-0.2, -0.15) is 0 Å². The second-order valence-electron chi connectivity index (χ2n) is 7.53. The van der Waals surface area contributed by atoms with Crippen LogP contribution in [0, 0.1) is 26.7 Å². The largest absolute Gasteiger partial charge is 0.481 e. The summed E-state index contributed by atoms with van der Waals surface area (Å²) in [6.07, 6.45) is 0.942. The molecule has 152 valence electrons. The fraction of sp³-hybridized carbons (Fsp3) is 0.435. The van der Waals surface area contributed by atoms with E-state index in [0.29, 0.717) is 13.1 Å². The van der Waals surface area contributed by atoms with Gasteiger partial charge in [0.15, 0.2) is 0 Å². The molecule has 0 saturated heterocycles. The van der Waals surface area contributed by atoms with E-state index in [-0.39, 0.29) is 6.04 Å². The normalized spacial score (nSPS) is 13.2. The molecule has 2 aromatic rings. The molecule has 0 aliphatic rings. The molecular formula is C23H31ClN2O2. The maximum absolute atomic E-state index is 11.0. The van der Waals surface area contributed by atoms with Crippen molar-refractivity contribution in [1.29, 1.82) is 0 Å². The summed E-state index contributed by atoms with van der Waals surface area (Å²) in [5.74, 6) is -1.18. The van der Waals surface area contributed by atoms with Crippen LogP contribution in [0.15, 0.2) is 30.3 Å². The molecule has 0 heterocycles. The molecule has 0 bridgehead atoms. The molecule has 28 heavy (non-hydrogen) atoms. The number of hydrogen-bond acceptors (Lipinski definition) is 3. The summed E-state index contributed by atoms with van der Waals surface area (Å²) >= 11 is 6.46. The number of hydrogen-bond donors (Lipinski definition) is 3. The molecule has 0 fully saturated rings. The van der Waals surface area contributed by atoms with Crippen LogP contribution in [-0.4, -0.2) is 17.6 Å². The van der Waals surface area contributed by atoms with E-state index < -0.39 is 11.9 Å². The molecule has 2 aromatic carbocycles. The van der Waals surface area contributed by atoms with E-state index in [2.05, 4.69) is 61.7 Å². The van der Waals surface area contributed by atoms with Gasteiger partial charge < -0.3 is 15.7 Å². The molecule has 0 aliphatic heterocycles. The summed E-state index contributed by atoms with van der Waals surface area (Å²) in [6, 6.07) is 10.7. The minimum Gasteiger partial charge on any atom is -0.481 e. The Morgan fingerprint density at radius 1 is 1.14 bits per heavy atom. The number of aryl methyl sites for hydroxylation is 2. The Bertz CT molecular complexity index is 836. The van der Waals surface area contributed by atoms with Gasteiger partial charge in [0.05, 0.1) is 12.0 Å². The lowest BCUT2D eigenvalue weighted by molar-refractivity contribution is -0.140. The highest BCUT2D eigenvalue weighted by Crippen LogP contribution is 2.31. The summed E-state index contributed by atoms with van der Waals surface area (Å²) in [5.41, 5.74) is 6.83. The monoisotopic (exact) mass is 402 g/mol. The number of carboxylic acids is 1. The number of carboxylic acid groups (broad SMARTS) is 1. The maximum Gasteiger partial charge on any atom is 0.307 e. The van der Waals surface area contributed by atoms with Gasteiger partial charge in [-0.3, -0.25) is 4.79 Å². The molecule has 2 atom stereocenters. The molecule has 0 unspecified atom stereocenters. The van der Waals surface area contributed by atoms with Crippen LogP contribution in [0.4, 0.5) is 5.69 Å². The van der Waals surface area contributed by atoms with Crippen LogP contribution >= 0.6 is 11.6 Å². The zero-order valence-electron chi connectivity index (χ0n) is 17.4. The van der Waals surface area contributed by atoms with Crippen LogP contribution in [0.2, 0.25) is 5.02 Å². The van der Waals surface area contributed by atoms with E-state index >= 15 is 0 Å². The molecule has 0 amide bonds. The highest BCUT2D eigenvalue weighted by Gasteiger charge is 2.15. The zero-order chi connectivity index (χ0) is 20.8. The van der Waals surface area contributed by atoms with E-state index in [1.54, 1.807) is 6.92 Å². The van der Waals surface area contributed by atoms with Crippen molar-refractivity contribution >= 4 is 23.3 Å². The number of nitrogens with one attached hydrogen (secondary N) is 2. The van der Waals surface area contributed by atoms with Crippen LogP contribution in [-0.2, 0) is 11.3 Å². The van der Waals surface area contributed by atoms with Gasteiger partial charge in [0.2, 0.25) is 0 Å². The van der Waals surface area contributed by atoms with Crippen molar-refractivity contribution in [3.63, 3.8) is 0 Å². The highest BCUT2D eigenvalue weighted by atomic mass is 35.5. The fourth-order valence-corrected chi connectivity index (χ4v) is 3.45. The average Bonchev–Trinajstić information content (AvgIpc) is 2.66. The summed E-state index contributed by atoms with van der Waals surface area (Å²) in [6.45, 7) is 11.1. The minimum absolute atomic E-state index is 0.175. The Hall–Kier alpha value is -2.04. The van der Waals surface area contributed by atoms with Gasteiger partial charge >= 0.3 is 5.97 Å². The van der Waals surface area contributed by atoms with Crippen molar-refractivity contribution < 1.29 is 9.90 Å². The van der Waals surface area contributed by atoms with Gasteiger partial charge in [0.25, 0.3) is 0 Å². The SMILES string of the molecule is CC[C@@H](Nc1ccc(C)c(CNC[C@@H](C)C(=O)O)c1)c1ccc(C)c(Cl)c1C. The lowest BCUT2D eigenvalue weighted by atomic mass is 9.96. The van der Waals surface area contributed by atoms with Crippen LogP contribution in [0.25, 0.3) is 0 Å². The predicted molar refractivity (Wildman–Crippen MR) is 117 cm³/mol. The number of aliphatic carboxylic acids is 1. The maximum atomic E-state index is 11.0. The van der Waals surface area contributed by atoms with E-state index in [4.69, 9.17) is 16.7 Å². The number of anilines is 1. The first-order valence-corrected chi connectivity index (χ1v) is 10.2. The summed E-state index contributed by atoms with van der Waals surface area (Å²) in [7, 11) is 0. The summed E-state index contributed by atoms with van der Waals surface area (Å²) < 4.78 is 0. The third-order valence-corrected chi connectivity index (χ3v) is 5.86. The van der Waals surface area contributed by atoms with Crippen LogP contribution in [0.3, 0.4) is 0 Å². The van der Waals surface area contributed by atoms with Crippen molar-refractivity contribution in [1.82, 2.24) is 5.32 Å². The van der Waals surface area contributed by atoms with E-state index in [1.807, 2.05) is 6.92 Å². The van der Waals surface area contributed by atoms with Crippen LogP contribution in [0.1, 0.15) is 54.1 Å². The topological polar surface area (TPSA) is 61.4 Å². The fourth-order valence-electron chi connectivity index (χ4n) is 3.28. The summed E-state index contributed by atoms with van der Waals surface area (Å²) in [4.78, 5) is 11.0.